The number of cyclic esters (lactones) is 1. The summed E-state index contributed by atoms with van der Waals surface area (Å²) in [7, 11) is 0. The van der Waals surface area contributed by atoms with Gasteiger partial charge in [-0.15, -0.1) is 15.0 Å². The summed E-state index contributed by atoms with van der Waals surface area (Å²) in [5.74, 6) is 0.518. The number of hydrogen-bond donors (Lipinski definition) is 1. The Hall–Kier alpha value is -3.14. The fourth-order valence-corrected chi connectivity index (χ4v) is 5.04. The van der Waals surface area contributed by atoms with Gasteiger partial charge < -0.3 is 15.0 Å². The van der Waals surface area contributed by atoms with Crippen molar-refractivity contribution in [1.29, 1.82) is 0 Å². The van der Waals surface area contributed by atoms with Crippen LogP contribution >= 0.6 is 0 Å². The third-order valence-corrected chi connectivity index (χ3v) is 7.07. The molecule has 1 amide bonds. The molecule has 2 aromatic heterocycles. The van der Waals surface area contributed by atoms with Gasteiger partial charge in [0.1, 0.15) is 6.61 Å². The average Bonchev–Trinajstić information content (AvgIpc) is 3.53. The van der Waals surface area contributed by atoms with Crippen molar-refractivity contribution in [3.63, 3.8) is 0 Å². The number of ether oxygens (including phenoxy) is 1. The van der Waals surface area contributed by atoms with Crippen LogP contribution in [0.5, 0.6) is 0 Å². The Morgan fingerprint density at radius 1 is 1.22 bits per heavy atom. The molecule has 2 aromatic rings. The van der Waals surface area contributed by atoms with Crippen LogP contribution in [-0.2, 0) is 20.7 Å². The van der Waals surface area contributed by atoms with Gasteiger partial charge in [0, 0.05) is 18.8 Å². The topological polar surface area (TPSA) is 115 Å². The minimum absolute atomic E-state index is 0.177. The molecule has 1 saturated heterocycles. The summed E-state index contributed by atoms with van der Waals surface area (Å²) in [6.45, 7) is 3.53. The molecule has 1 spiro atoms. The van der Waals surface area contributed by atoms with E-state index < -0.39 is 0 Å². The van der Waals surface area contributed by atoms with Gasteiger partial charge in [-0.1, -0.05) is 6.07 Å². The minimum Gasteiger partial charge on any atom is -0.456 e. The Morgan fingerprint density at radius 3 is 2.72 bits per heavy atom. The SMILES string of the molecule is CC1=C(N2CCC3(CCC(NCCc4ccc(-n5ncnn5)nc4)CC3)C2=O)COC1=O. The lowest BCUT2D eigenvalue weighted by Gasteiger charge is -2.36. The van der Waals surface area contributed by atoms with Crippen LogP contribution in [0.1, 0.15) is 44.6 Å². The summed E-state index contributed by atoms with van der Waals surface area (Å²) >= 11 is 0. The summed E-state index contributed by atoms with van der Waals surface area (Å²) in [5, 5.41) is 15.2. The van der Waals surface area contributed by atoms with Crippen molar-refractivity contribution in [2.24, 2.45) is 5.41 Å². The number of aromatic nitrogens is 5. The zero-order valence-electron chi connectivity index (χ0n) is 18.2. The Bertz CT molecular complexity index is 1020. The van der Waals surface area contributed by atoms with Gasteiger partial charge in [0.2, 0.25) is 5.91 Å². The van der Waals surface area contributed by atoms with E-state index in [9.17, 15) is 9.59 Å². The third-order valence-electron chi connectivity index (χ3n) is 7.07. The number of rotatable bonds is 6. The third kappa shape index (κ3) is 3.79. The van der Waals surface area contributed by atoms with Gasteiger partial charge >= 0.3 is 5.97 Å². The van der Waals surface area contributed by atoms with Crippen LogP contribution < -0.4 is 5.32 Å². The van der Waals surface area contributed by atoms with E-state index in [1.54, 1.807) is 11.8 Å². The highest BCUT2D eigenvalue weighted by Gasteiger charge is 2.50. The van der Waals surface area contributed by atoms with Gasteiger partial charge in [0.25, 0.3) is 0 Å². The van der Waals surface area contributed by atoms with E-state index in [0.29, 0.717) is 24.0 Å². The Morgan fingerprint density at radius 2 is 2.06 bits per heavy atom. The molecule has 0 radical (unpaired) electrons. The molecule has 5 rings (SSSR count). The van der Waals surface area contributed by atoms with Crippen molar-refractivity contribution in [3.05, 3.63) is 41.5 Å². The molecular weight excluding hydrogens is 410 g/mol. The number of carbonyl (C=O) groups excluding carboxylic acids is 2. The molecule has 2 fully saturated rings. The molecule has 10 heteroatoms. The maximum Gasteiger partial charge on any atom is 0.336 e. The molecule has 32 heavy (non-hydrogen) atoms. The van der Waals surface area contributed by atoms with Gasteiger partial charge in [-0.3, -0.25) is 4.79 Å². The molecule has 0 unspecified atom stereocenters. The van der Waals surface area contributed by atoms with Crippen LogP contribution in [0.2, 0.25) is 0 Å². The summed E-state index contributed by atoms with van der Waals surface area (Å²) < 4.78 is 5.11. The number of likely N-dealkylation sites (tertiary alicyclic amines) is 1. The smallest absolute Gasteiger partial charge is 0.336 e. The lowest BCUT2D eigenvalue weighted by molar-refractivity contribution is -0.138. The second-order valence-corrected chi connectivity index (χ2v) is 8.86. The van der Waals surface area contributed by atoms with E-state index in [1.165, 1.54) is 11.1 Å². The summed E-state index contributed by atoms with van der Waals surface area (Å²) in [5.41, 5.74) is 2.21. The number of pyridine rings is 1. The Labute approximate surface area is 186 Å². The highest BCUT2D eigenvalue weighted by molar-refractivity contribution is 5.94. The molecule has 0 bridgehead atoms. The first-order valence-corrected chi connectivity index (χ1v) is 11.2. The molecule has 3 aliphatic rings. The van der Waals surface area contributed by atoms with Crippen molar-refractivity contribution in [1.82, 2.24) is 35.4 Å². The molecule has 0 atom stereocenters. The standard InChI is InChI=1S/C22H27N7O3/c1-15-18(13-32-20(15)30)28-11-9-22(21(28)31)7-4-17(5-8-22)23-10-6-16-2-3-19(24-12-16)29-26-14-25-27-29/h2-3,12,14,17,23H,4-11,13H2,1H3. The number of carbonyl (C=O) groups is 2. The fourth-order valence-electron chi connectivity index (χ4n) is 5.04. The van der Waals surface area contributed by atoms with Gasteiger partial charge in [0.15, 0.2) is 12.1 Å². The molecular formula is C22H27N7O3. The number of amides is 1. The quantitative estimate of drug-likeness (QED) is 0.670. The average molecular weight is 438 g/mol. The van der Waals surface area contributed by atoms with E-state index in [1.807, 2.05) is 18.3 Å². The number of nitrogens with one attached hydrogen (secondary N) is 1. The monoisotopic (exact) mass is 437 g/mol. The highest BCUT2D eigenvalue weighted by atomic mass is 16.5. The second kappa shape index (κ2) is 8.42. The zero-order valence-corrected chi connectivity index (χ0v) is 18.2. The summed E-state index contributed by atoms with van der Waals surface area (Å²) in [4.78, 5) is 32.5. The normalized spacial score (nSPS) is 25.8. The first-order chi connectivity index (χ1) is 15.6. The van der Waals surface area contributed by atoms with Crippen molar-refractivity contribution >= 4 is 11.9 Å². The Kier molecular flexibility index (Phi) is 5.46. The lowest BCUT2D eigenvalue weighted by Crippen LogP contribution is -2.42. The van der Waals surface area contributed by atoms with Crippen LogP contribution in [-0.4, -0.2) is 67.7 Å². The molecule has 1 N–H and O–H groups in total. The maximum atomic E-state index is 13.2. The van der Waals surface area contributed by atoms with Crippen LogP contribution in [0.15, 0.2) is 35.9 Å². The number of hydrogen-bond acceptors (Lipinski definition) is 8. The van der Waals surface area contributed by atoms with E-state index in [0.717, 1.165) is 56.3 Å². The van der Waals surface area contributed by atoms with Crippen LogP contribution in [0.4, 0.5) is 0 Å². The first-order valence-electron chi connectivity index (χ1n) is 11.2. The van der Waals surface area contributed by atoms with E-state index in [-0.39, 0.29) is 23.9 Å². The van der Waals surface area contributed by atoms with E-state index >= 15 is 0 Å². The van der Waals surface area contributed by atoms with Gasteiger partial charge in [-0.2, -0.15) is 0 Å². The van der Waals surface area contributed by atoms with Crippen molar-refractivity contribution < 1.29 is 14.3 Å². The lowest BCUT2D eigenvalue weighted by atomic mass is 9.71. The van der Waals surface area contributed by atoms with Crippen LogP contribution in [0.3, 0.4) is 0 Å². The molecule has 2 aliphatic heterocycles. The number of nitrogens with zero attached hydrogens (tertiary/aromatic N) is 6. The highest BCUT2D eigenvalue weighted by Crippen LogP contribution is 2.46. The Balaban J connectivity index is 1.10. The van der Waals surface area contributed by atoms with Crippen LogP contribution in [0.25, 0.3) is 5.82 Å². The molecule has 1 aliphatic carbocycles. The maximum absolute atomic E-state index is 13.2. The van der Waals surface area contributed by atoms with Crippen LogP contribution in [0, 0.1) is 5.41 Å². The number of esters is 1. The van der Waals surface area contributed by atoms with Gasteiger partial charge in [0.05, 0.1) is 16.7 Å². The first kappa shape index (κ1) is 20.7. The van der Waals surface area contributed by atoms with Gasteiger partial charge in [-0.25, -0.2) is 9.78 Å². The molecule has 4 heterocycles. The predicted octanol–water partition coefficient (Wildman–Crippen LogP) is 1.18. The second-order valence-electron chi connectivity index (χ2n) is 8.86. The molecule has 0 aromatic carbocycles. The minimum atomic E-state index is -0.304. The summed E-state index contributed by atoms with van der Waals surface area (Å²) in [6, 6.07) is 4.34. The van der Waals surface area contributed by atoms with E-state index in [2.05, 4.69) is 25.7 Å². The fraction of sp³-hybridized carbons (Fsp3) is 0.545. The summed E-state index contributed by atoms with van der Waals surface area (Å²) in [6.07, 6.45) is 8.73. The van der Waals surface area contributed by atoms with Crippen molar-refractivity contribution in [2.75, 3.05) is 19.7 Å². The molecule has 10 nitrogen and oxygen atoms in total. The van der Waals surface area contributed by atoms with E-state index in [4.69, 9.17) is 4.74 Å². The predicted molar refractivity (Wildman–Crippen MR) is 113 cm³/mol. The number of tetrazole rings is 1. The zero-order chi connectivity index (χ0) is 22.1. The largest absolute Gasteiger partial charge is 0.456 e. The molecule has 168 valence electrons. The van der Waals surface area contributed by atoms with Gasteiger partial charge in [-0.05, 0) is 68.8 Å². The van der Waals surface area contributed by atoms with Crippen molar-refractivity contribution in [2.45, 2.75) is 51.5 Å². The molecule has 1 saturated carbocycles. The van der Waals surface area contributed by atoms with Crippen molar-refractivity contribution in [3.8, 4) is 5.82 Å².